The average molecular weight is 374 g/mol. The fourth-order valence-electron chi connectivity index (χ4n) is 4.62. The lowest BCUT2D eigenvalue weighted by Crippen LogP contribution is -2.28. The summed E-state index contributed by atoms with van der Waals surface area (Å²) >= 11 is 0. The molecule has 0 spiro atoms. The van der Waals surface area contributed by atoms with Crippen LogP contribution in [0.3, 0.4) is 0 Å². The Labute approximate surface area is 158 Å². The van der Waals surface area contributed by atoms with Gasteiger partial charge in [-0.05, 0) is 38.5 Å². The minimum atomic E-state index is -0.782. The van der Waals surface area contributed by atoms with Crippen LogP contribution in [-0.4, -0.2) is 52.2 Å². The molecule has 27 heavy (non-hydrogen) atoms. The number of aromatic nitrogens is 1. The number of amides is 1. The number of hydrogen-bond donors (Lipinski definition) is 1. The molecule has 2 bridgehead atoms. The number of carboxylic acids is 1. The van der Waals surface area contributed by atoms with Gasteiger partial charge in [0.25, 0.3) is 5.91 Å². The number of rotatable bonds is 7. The van der Waals surface area contributed by atoms with Crippen LogP contribution in [0.2, 0.25) is 0 Å². The van der Waals surface area contributed by atoms with Crippen LogP contribution in [-0.2, 0) is 9.53 Å². The topological polar surface area (TPSA) is 92.9 Å². The number of likely N-dealkylation sites (tertiary alicyclic amines) is 1. The highest BCUT2D eigenvalue weighted by atomic mass is 16.5. The molecule has 1 amide bonds. The molecule has 0 aliphatic carbocycles. The Balaban J connectivity index is 1.43. The average Bonchev–Trinajstić information content (AvgIpc) is 3.44. The van der Waals surface area contributed by atoms with Gasteiger partial charge in [-0.2, -0.15) is 0 Å². The molecule has 7 nitrogen and oxygen atoms in total. The Morgan fingerprint density at radius 3 is 2.78 bits per heavy atom. The number of carbonyl (C=O) groups excluding carboxylic acids is 1. The second-order valence-corrected chi connectivity index (χ2v) is 7.69. The summed E-state index contributed by atoms with van der Waals surface area (Å²) in [6.45, 7) is 1.59. The van der Waals surface area contributed by atoms with Crippen molar-refractivity contribution in [3.63, 3.8) is 0 Å². The first-order valence-corrected chi connectivity index (χ1v) is 9.90. The van der Waals surface area contributed by atoms with Crippen LogP contribution >= 0.6 is 0 Å². The molecule has 1 aromatic heterocycles. The predicted octanol–water partition coefficient (Wildman–Crippen LogP) is 2.98. The summed E-state index contributed by atoms with van der Waals surface area (Å²) in [5.74, 6) is 0.104. The fraction of sp³-hybridized carbons (Fsp3) is 0.650. The molecule has 3 aliphatic heterocycles. The van der Waals surface area contributed by atoms with E-state index in [0.29, 0.717) is 18.0 Å². The van der Waals surface area contributed by atoms with Crippen LogP contribution < -0.4 is 0 Å². The molecular weight excluding hydrogens is 348 g/mol. The van der Waals surface area contributed by atoms with Crippen LogP contribution in [0, 0.1) is 5.92 Å². The molecule has 4 atom stereocenters. The van der Waals surface area contributed by atoms with E-state index >= 15 is 0 Å². The highest BCUT2D eigenvalue weighted by Crippen LogP contribution is 2.50. The van der Waals surface area contributed by atoms with E-state index in [-0.39, 0.29) is 36.4 Å². The summed E-state index contributed by atoms with van der Waals surface area (Å²) in [5.41, 5.74) is 0.394. The normalized spacial score (nSPS) is 29.9. The monoisotopic (exact) mass is 374 g/mol. The molecule has 1 N–H and O–H groups in total. The van der Waals surface area contributed by atoms with Crippen LogP contribution in [0.5, 0.6) is 0 Å². The number of carboxylic acid groups (broad SMARTS) is 1. The van der Waals surface area contributed by atoms with Gasteiger partial charge >= 0.3 is 5.97 Å². The molecule has 4 rings (SSSR count). The Kier molecular flexibility index (Phi) is 5.29. The van der Waals surface area contributed by atoms with E-state index in [0.717, 1.165) is 45.2 Å². The zero-order chi connectivity index (χ0) is 18.8. The molecule has 3 aliphatic rings. The number of nitrogens with zero attached hydrogens (tertiary/aromatic N) is 2. The third kappa shape index (κ3) is 3.78. The van der Waals surface area contributed by atoms with Crippen molar-refractivity contribution >= 4 is 11.9 Å². The smallest absolute Gasteiger partial charge is 0.303 e. The maximum atomic E-state index is 12.5. The maximum absolute atomic E-state index is 12.5. The van der Waals surface area contributed by atoms with Crippen LogP contribution in [0.1, 0.15) is 67.2 Å². The Hall–Kier alpha value is -2.15. The van der Waals surface area contributed by atoms with E-state index in [1.165, 1.54) is 6.26 Å². The molecule has 146 valence electrons. The van der Waals surface area contributed by atoms with Crippen molar-refractivity contribution in [3.05, 3.63) is 30.0 Å². The van der Waals surface area contributed by atoms with Crippen LogP contribution in [0.25, 0.3) is 0 Å². The molecule has 3 fully saturated rings. The minimum absolute atomic E-state index is 0.0447. The lowest BCUT2D eigenvalue weighted by Gasteiger charge is -2.24. The summed E-state index contributed by atoms with van der Waals surface area (Å²) < 4.78 is 11.8. The second kappa shape index (κ2) is 7.84. The van der Waals surface area contributed by atoms with Gasteiger partial charge in [0.15, 0.2) is 5.69 Å². The SMILES string of the molecule is O=C(O)CC/C=C\CC1C2CCC(O2)C1c1nc(C(=O)N2CCCC2)co1. The molecule has 0 saturated carbocycles. The van der Waals surface area contributed by atoms with Gasteiger partial charge in [0.05, 0.1) is 18.1 Å². The summed E-state index contributed by atoms with van der Waals surface area (Å²) in [7, 11) is 0. The number of fused-ring (bicyclic) bond motifs is 2. The van der Waals surface area contributed by atoms with Crippen molar-refractivity contribution in [1.82, 2.24) is 9.88 Å². The Morgan fingerprint density at radius 2 is 2.00 bits per heavy atom. The molecule has 4 heterocycles. The molecule has 1 aromatic rings. The lowest BCUT2D eigenvalue weighted by molar-refractivity contribution is -0.136. The van der Waals surface area contributed by atoms with Gasteiger partial charge in [-0.15, -0.1) is 0 Å². The van der Waals surface area contributed by atoms with Crippen molar-refractivity contribution in [3.8, 4) is 0 Å². The van der Waals surface area contributed by atoms with Crippen molar-refractivity contribution in [2.24, 2.45) is 5.92 Å². The molecule has 0 radical (unpaired) electrons. The van der Waals surface area contributed by atoms with Crippen molar-refractivity contribution in [2.45, 2.75) is 63.1 Å². The van der Waals surface area contributed by atoms with Gasteiger partial charge in [0, 0.05) is 25.4 Å². The standard InChI is InChI=1S/C20H26N2O5/c23-17(24)7-3-1-2-6-13-15-8-9-16(27-15)18(13)19-21-14(12-26-19)20(25)22-10-4-5-11-22/h1-2,12-13,15-16,18H,3-11H2,(H,23,24)/b2-1-. The molecule has 3 saturated heterocycles. The van der Waals surface area contributed by atoms with Gasteiger partial charge in [-0.25, -0.2) is 4.98 Å². The fourth-order valence-corrected chi connectivity index (χ4v) is 4.62. The van der Waals surface area contributed by atoms with E-state index in [1.54, 1.807) is 0 Å². The zero-order valence-corrected chi connectivity index (χ0v) is 15.4. The number of carbonyl (C=O) groups is 2. The summed E-state index contributed by atoms with van der Waals surface area (Å²) in [6.07, 6.45) is 11.4. The molecule has 0 aromatic carbocycles. The zero-order valence-electron chi connectivity index (χ0n) is 15.4. The number of allylic oxidation sites excluding steroid dienone is 2. The highest BCUT2D eigenvalue weighted by molar-refractivity contribution is 5.92. The minimum Gasteiger partial charge on any atom is -0.481 e. The van der Waals surface area contributed by atoms with Gasteiger partial charge in [-0.3, -0.25) is 9.59 Å². The Morgan fingerprint density at radius 1 is 1.22 bits per heavy atom. The molecule has 4 unspecified atom stereocenters. The van der Waals surface area contributed by atoms with E-state index in [9.17, 15) is 9.59 Å². The third-order valence-electron chi connectivity index (χ3n) is 5.94. The van der Waals surface area contributed by atoms with E-state index in [2.05, 4.69) is 4.98 Å². The highest BCUT2D eigenvalue weighted by Gasteiger charge is 2.51. The van der Waals surface area contributed by atoms with Crippen LogP contribution in [0.15, 0.2) is 22.8 Å². The van der Waals surface area contributed by atoms with Crippen molar-refractivity contribution in [1.29, 1.82) is 0 Å². The summed E-state index contributed by atoms with van der Waals surface area (Å²) in [6, 6.07) is 0. The van der Waals surface area contributed by atoms with Gasteiger partial charge in [0.2, 0.25) is 5.89 Å². The number of ether oxygens (including phenoxy) is 1. The van der Waals surface area contributed by atoms with Crippen molar-refractivity contribution in [2.75, 3.05) is 13.1 Å². The molecular formula is C20H26N2O5. The number of aliphatic carboxylic acids is 1. The van der Waals surface area contributed by atoms with Gasteiger partial charge in [0.1, 0.15) is 6.26 Å². The van der Waals surface area contributed by atoms with E-state index in [1.807, 2.05) is 17.1 Å². The first-order chi connectivity index (χ1) is 13.1. The first kappa shape index (κ1) is 18.2. The summed E-state index contributed by atoms with van der Waals surface area (Å²) in [5, 5.41) is 8.72. The summed E-state index contributed by atoms with van der Waals surface area (Å²) in [4.78, 5) is 29.5. The number of oxazole rings is 1. The number of hydrogen-bond acceptors (Lipinski definition) is 5. The first-order valence-electron chi connectivity index (χ1n) is 9.90. The predicted molar refractivity (Wildman–Crippen MR) is 96.4 cm³/mol. The Bertz CT molecular complexity index is 722. The maximum Gasteiger partial charge on any atom is 0.303 e. The van der Waals surface area contributed by atoms with E-state index < -0.39 is 5.97 Å². The quantitative estimate of drug-likeness (QED) is 0.738. The van der Waals surface area contributed by atoms with Crippen molar-refractivity contribution < 1.29 is 23.8 Å². The lowest BCUT2D eigenvalue weighted by atomic mass is 9.77. The third-order valence-corrected chi connectivity index (χ3v) is 5.94. The van der Waals surface area contributed by atoms with Gasteiger partial charge < -0.3 is 19.2 Å². The second-order valence-electron chi connectivity index (χ2n) is 7.69. The van der Waals surface area contributed by atoms with Crippen LogP contribution in [0.4, 0.5) is 0 Å². The largest absolute Gasteiger partial charge is 0.481 e. The van der Waals surface area contributed by atoms with Gasteiger partial charge in [-0.1, -0.05) is 12.2 Å². The molecule has 7 heteroatoms. The van der Waals surface area contributed by atoms with E-state index in [4.69, 9.17) is 14.3 Å².